The van der Waals surface area contributed by atoms with Gasteiger partial charge in [-0.2, -0.15) is 9.40 Å². The molecule has 1 aliphatic rings. The summed E-state index contributed by atoms with van der Waals surface area (Å²) in [6, 6.07) is 10.3. The van der Waals surface area contributed by atoms with E-state index >= 15 is 0 Å². The fraction of sp³-hybridized carbons (Fsp3) is 0.476. The largest absolute Gasteiger partial charge is 0.354 e. The number of hydrogen-bond acceptors (Lipinski definition) is 5. The Hall–Kier alpha value is -2.72. The second-order valence-corrected chi connectivity index (χ2v) is 9.73. The van der Waals surface area contributed by atoms with E-state index in [1.165, 1.54) is 4.31 Å². The predicted octanol–water partition coefficient (Wildman–Crippen LogP) is 1.08. The molecule has 2 amide bonds. The van der Waals surface area contributed by atoms with E-state index in [0.29, 0.717) is 25.2 Å². The molecule has 168 valence electrons. The Bertz CT molecular complexity index is 1020. The summed E-state index contributed by atoms with van der Waals surface area (Å²) in [5.41, 5.74) is 1.96. The van der Waals surface area contributed by atoms with Crippen molar-refractivity contribution in [2.45, 2.75) is 25.8 Å². The molecule has 0 spiro atoms. The maximum absolute atomic E-state index is 13.0. The third kappa shape index (κ3) is 5.71. The van der Waals surface area contributed by atoms with Crippen LogP contribution in [0.3, 0.4) is 0 Å². The van der Waals surface area contributed by atoms with Crippen molar-refractivity contribution in [2.24, 2.45) is 7.05 Å². The molecular formula is C21H29N5O4S. The highest BCUT2D eigenvalue weighted by molar-refractivity contribution is 7.88. The van der Waals surface area contributed by atoms with E-state index in [4.69, 9.17) is 0 Å². The van der Waals surface area contributed by atoms with Crippen molar-refractivity contribution in [3.63, 3.8) is 0 Å². The SMILES string of the molecule is Cc1cc(C(=O)N2CCCN(S(C)(=O)=O)C(c3ccccc3)CC(=O)NCC2)nn1C. The highest BCUT2D eigenvalue weighted by Gasteiger charge is 2.31. The van der Waals surface area contributed by atoms with Gasteiger partial charge < -0.3 is 10.2 Å². The molecule has 10 heteroatoms. The van der Waals surface area contributed by atoms with Crippen molar-refractivity contribution in [3.05, 3.63) is 53.3 Å². The lowest BCUT2D eigenvalue weighted by molar-refractivity contribution is -0.122. The summed E-state index contributed by atoms with van der Waals surface area (Å²) in [5, 5.41) is 7.08. The number of aromatic nitrogens is 2. The second-order valence-electron chi connectivity index (χ2n) is 7.79. The molecule has 0 bridgehead atoms. The molecule has 1 saturated heterocycles. The summed E-state index contributed by atoms with van der Waals surface area (Å²) >= 11 is 0. The van der Waals surface area contributed by atoms with Gasteiger partial charge in [-0.15, -0.1) is 0 Å². The average molecular weight is 448 g/mol. The number of rotatable bonds is 3. The first-order valence-corrected chi connectivity index (χ1v) is 12.1. The average Bonchev–Trinajstić information content (AvgIpc) is 3.04. The fourth-order valence-corrected chi connectivity index (χ4v) is 4.87. The first-order valence-electron chi connectivity index (χ1n) is 10.2. The Morgan fingerprint density at radius 3 is 2.48 bits per heavy atom. The Morgan fingerprint density at radius 1 is 1.16 bits per heavy atom. The van der Waals surface area contributed by atoms with E-state index in [1.807, 2.05) is 37.3 Å². The predicted molar refractivity (Wildman–Crippen MR) is 117 cm³/mol. The Kier molecular flexibility index (Phi) is 7.11. The van der Waals surface area contributed by atoms with Gasteiger partial charge in [-0.25, -0.2) is 8.42 Å². The van der Waals surface area contributed by atoms with Crippen LogP contribution in [0.5, 0.6) is 0 Å². The van der Waals surface area contributed by atoms with Crippen LogP contribution in [0.25, 0.3) is 0 Å². The number of nitrogens with zero attached hydrogens (tertiary/aromatic N) is 4. The molecule has 1 unspecified atom stereocenters. The molecule has 1 N–H and O–H groups in total. The van der Waals surface area contributed by atoms with Gasteiger partial charge in [0.1, 0.15) is 0 Å². The van der Waals surface area contributed by atoms with Crippen LogP contribution >= 0.6 is 0 Å². The van der Waals surface area contributed by atoms with E-state index in [9.17, 15) is 18.0 Å². The third-order valence-electron chi connectivity index (χ3n) is 5.47. The maximum atomic E-state index is 13.0. The summed E-state index contributed by atoms with van der Waals surface area (Å²) in [7, 11) is -1.81. The lowest BCUT2D eigenvalue weighted by Gasteiger charge is -2.30. The van der Waals surface area contributed by atoms with Crippen molar-refractivity contribution in [3.8, 4) is 0 Å². The van der Waals surface area contributed by atoms with Gasteiger partial charge in [0, 0.05) is 45.3 Å². The zero-order valence-electron chi connectivity index (χ0n) is 18.1. The normalized spacial score (nSPS) is 19.5. The minimum Gasteiger partial charge on any atom is -0.354 e. The summed E-state index contributed by atoms with van der Waals surface area (Å²) in [4.78, 5) is 27.2. The topological polar surface area (TPSA) is 105 Å². The molecule has 1 aromatic heterocycles. The summed E-state index contributed by atoms with van der Waals surface area (Å²) in [6.45, 7) is 3.05. The van der Waals surface area contributed by atoms with E-state index < -0.39 is 16.1 Å². The molecule has 31 heavy (non-hydrogen) atoms. The van der Waals surface area contributed by atoms with Gasteiger partial charge in [0.2, 0.25) is 15.9 Å². The van der Waals surface area contributed by atoms with Crippen molar-refractivity contribution in [2.75, 3.05) is 32.4 Å². The molecule has 1 fully saturated rings. The Morgan fingerprint density at radius 2 is 1.87 bits per heavy atom. The Balaban J connectivity index is 1.86. The minimum atomic E-state index is -3.58. The summed E-state index contributed by atoms with van der Waals surface area (Å²) in [5.74, 6) is -0.492. The Labute approximate surface area is 183 Å². The number of hydrogen-bond donors (Lipinski definition) is 1. The monoisotopic (exact) mass is 447 g/mol. The van der Waals surface area contributed by atoms with Gasteiger partial charge in [0.15, 0.2) is 5.69 Å². The van der Waals surface area contributed by atoms with E-state index in [2.05, 4.69) is 10.4 Å². The highest BCUT2D eigenvalue weighted by Crippen LogP contribution is 2.27. The van der Waals surface area contributed by atoms with Crippen molar-refractivity contribution in [1.29, 1.82) is 0 Å². The number of sulfonamides is 1. The maximum Gasteiger partial charge on any atom is 0.274 e. The molecule has 0 saturated carbocycles. The standard InChI is InChI=1S/C21H29N5O4S/c1-16-14-18(23-24(16)2)21(28)25-11-7-12-26(31(3,29)30)19(15-20(27)22-10-13-25)17-8-5-4-6-9-17/h4-6,8-9,14,19H,7,10-13,15H2,1-3H3,(H,22,27). The van der Waals surface area contributed by atoms with Gasteiger partial charge in [-0.1, -0.05) is 30.3 Å². The van der Waals surface area contributed by atoms with Crippen LogP contribution in [0, 0.1) is 6.92 Å². The van der Waals surface area contributed by atoms with Crippen LogP contribution in [0.1, 0.15) is 40.6 Å². The number of nitrogens with one attached hydrogen (secondary N) is 1. The lowest BCUT2D eigenvalue weighted by atomic mass is 10.0. The van der Waals surface area contributed by atoms with E-state index in [0.717, 1.165) is 17.5 Å². The molecule has 1 atom stereocenters. The van der Waals surface area contributed by atoms with Crippen LogP contribution in [0.15, 0.2) is 36.4 Å². The van der Waals surface area contributed by atoms with Gasteiger partial charge in [-0.3, -0.25) is 14.3 Å². The van der Waals surface area contributed by atoms with Gasteiger partial charge in [0.25, 0.3) is 5.91 Å². The second kappa shape index (κ2) is 9.61. The van der Waals surface area contributed by atoms with Crippen molar-refractivity contribution < 1.29 is 18.0 Å². The molecule has 1 aliphatic heterocycles. The molecule has 0 aliphatic carbocycles. The smallest absolute Gasteiger partial charge is 0.274 e. The summed E-state index contributed by atoms with van der Waals surface area (Å²) in [6.07, 6.45) is 1.62. The van der Waals surface area contributed by atoms with Crippen LogP contribution in [-0.2, 0) is 21.9 Å². The fourth-order valence-electron chi connectivity index (χ4n) is 3.75. The van der Waals surface area contributed by atoms with Crippen LogP contribution in [0.4, 0.5) is 0 Å². The first kappa shape index (κ1) is 23.0. The number of amides is 2. The van der Waals surface area contributed by atoms with Crippen LogP contribution in [0.2, 0.25) is 0 Å². The summed E-state index contributed by atoms with van der Waals surface area (Å²) < 4.78 is 28.2. The molecule has 1 aromatic carbocycles. The van der Waals surface area contributed by atoms with Crippen LogP contribution < -0.4 is 5.32 Å². The van der Waals surface area contributed by atoms with Gasteiger partial charge in [-0.05, 0) is 25.0 Å². The zero-order valence-corrected chi connectivity index (χ0v) is 18.9. The van der Waals surface area contributed by atoms with Crippen LogP contribution in [-0.4, -0.2) is 71.7 Å². The lowest BCUT2D eigenvalue weighted by Crippen LogP contribution is -2.39. The number of aryl methyl sites for hydroxylation is 2. The van der Waals surface area contributed by atoms with Crippen molar-refractivity contribution in [1.82, 2.24) is 24.3 Å². The third-order valence-corrected chi connectivity index (χ3v) is 6.76. The quantitative estimate of drug-likeness (QED) is 0.758. The molecular weight excluding hydrogens is 418 g/mol. The molecule has 2 heterocycles. The number of benzene rings is 1. The van der Waals surface area contributed by atoms with E-state index in [-0.39, 0.29) is 31.3 Å². The molecule has 2 aromatic rings. The minimum absolute atomic E-state index is 0.0183. The zero-order chi connectivity index (χ0) is 22.6. The highest BCUT2D eigenvalue weighted by atomic mass is 32.2. The van der Waals surface area contributed by atoms with Gasteiger partial charge >= 0.3 is 0 Å². The molecule has 9 nitrogen and oxygen atoms in total. The first-order chi connectivity index (χ1) is 14.7. The number of carbonyl (C=O) groups excluding carboxylic acids is 2. The molecule has 0 radical (unpaired) electrons. The van der Waals surface area contributed by atoms with Gasteiger partial charge in [0.05, 0.1) is 12.3 Å². The number of carbonyl (C=O) groups is 2. The van der Waals surface area contributed by atoms with E-state index in [1.54, 1.807) is 22.7 Å². The van der Waals surface area contributed by atoms with Crippen molar-refractivity contribution >= 4 is 21.8 Å². The molecule has 3 rings (SSSR count).